The molecule has 2 aromatic carbocycles. The maximum absolute atomic E-state index is 13.1. The molecule has 33 heavy (non-hydrogen) atoms. The molecule has 12 heteroatoms. The van der Waals surface area contributed by atoms with Gasteiger partial charge in [-0.1, -0.05) is 36.1 Å². The van der Waals surface area contributed by atoms with E-state index in [9.17, 15) is 22.8 Å². The van der Waals surface area contributed by atoms with Gasteiger partial charge in [-0.2, -0.15) is 0 Å². The summed E-state index contributed by atoms with van der Waals surface area (Å²) in [6.07, 6.45) is 1.42. The second kappa shape index (κ2) is 8.71. The number of ether oxygens (including phenoxy) is 1. The standard InChI is InChI=1S/C21H17N3O6S3/c1-30-14-6-2-12(3-7-14)10-17-20(27)24(21(31)32-17)16-11-18(25)23(19(16)26)13-4-8-15(9-5-13)33(22,28)29/h2-10,16H,11H2,1H3,(H2,22,28,29)/b17-10-. The van der Waals surface area contributed by atoms with Gasteiger partial charge in [0.05, 0.1) is 29.0 Å². The molecule has 0 bridgehead atoms. The van der Waals surface area contributed by atoms with Crippen LogP contribution in [-0.4, -0.2) is 48.5 Å². The van der Waals surface area contributed by atoms with Gasteiger partial charge >= 0.3 is 0 Å². The van der Waals surface area contributed by atoms with Crippen LogP contribution in [0.5, 0.6) is 5.75 Å². The Bertz CT molecular complexity index is 1300. The summed E-state index contributed by atoms with van der Waals surface area (Å²) in [4.78, 5) is 41.0. The summed E-state index contributed by atoms with van der Waals surface area (Å²) in [5.41, 5.74) is 0.931. The van der Waals surface area contributed by atoms with E-state index in [1.54, 1.807) is 37.5 Å². The van der Waals surface area contributed by atoms with Crippen molar-refractivity contribution in [2.45, 2.75) is 17.4 Å². The molecule has 2 aliphatic rings. The molecule has 2 aromatic rings. The second-order valence-corrected chi connectivity index (χ2v) is 10.4. The number of benzene rings is 2. The molecule has 2 saturated heterocycles. The highest BCUT2D eigenvalue weighted by Crippen LogP contribution is 2.37. The molecule has 2 heterocycles. The highest BCUT2D eigenvalue weighted by Gasteiger charge is 2.48. The van der Waals surface area contributed by atoms with Gasteiger partial charge in [0.2, 0.25) is 15.9 Å². The molecule has 0 saturated carbocycles. The van der Waals surface area contributed by atoms with E-state index in [0.29, 0.717) is 10.7 Å². The number of amides is 3. The molecule has 2 aliphatic heterocycles. The van der Waals surface area contributed by atoms with Crippen molar-refractivity contribution in [1.82, 2.24) is 4.90 Å². The van der Waals surface area contributed by atoms with Gasteiger partial charge in [0.25, 0.3) is 11.8 Å². The summed E-state index contributed by atoms with van der Waals surface area (Å²) in [6, 6.07) is 11.0. The highest BCUT2D eigenvalue weighted by molar-refractivity contribution is 8.26. The number of thioether (sulfide) groups is 1. The monoisotopic (exact) mass is 503 g/mol. The third kappa shape index (κ3) is 4.42. The van der Waals surface area contributed by atoms with E-state index in [1.165, 1.54) is 24.3 Å². The van der Waals surface area contributed by atoms with Crippen molar-refractivity contribution >= 4 is 67.8 Å². The highest BCUT2D eigenvalue weighted by atomic mass is 32.2. The lowest BCUT2D eigenvalue weighted by molar-refractivity contribution is -0.129. The summed E-state index contributed by atoms with van der Waals surface area (Å²) in [6.45, 7) is 0. The number of imide groups is 1. The van der Waals surface area contributed by atoms with E-state index in [-0.39, 0.29) is 21.3 Å². The zero-order chi connectivity index (χ0) is 23.9. The minimum Gasteiger partial charge on any atom is -0.497 e. The Morgan fingerprint density at radius 3 is 2.30 bits per heavy atom. The fourth-order valence-electron chi connectivity index (χ4n) is 3.47. The van der Waals surface area contributed by atoms with Crippen LogP contribution in [0.4, 0.5) is 5.69 Å². The Balaban J connectivity index is 1.57. The molecule has 0 aliphatic carbocycles. The molecule has 1 unspecified atom stereocenters. The van der Waals surface area contributed by atoms with Gasteiger partial charge in [0, 0.05) is 0 Å². The van der Waals surface area contributed by atoms with Crippen LogP contribution in [0.25, 0.3) is 6.08 Å². The van der Waals surface area contributed by atoms with Crippen molar-refractivity contribution in [2.75, 3.05) is 12.0 Å². The molecular weight excluding hydrogens is 486 g/mol. The zero-order valence-corrected chi connectivity index (χ0v) is 19.6. The fraction of sp³-hybridized carbons (Fsp3) is 0.143. The van der Waals surface area contributed by atoms with E-state index in [4.69, 9.17) is 22.1 Å². The summed E-state index contributed by atoms with van der Waals surface area (Å²) in [7, 11) is -2.37. The first-order chi connectivity index (χ1) is 15.6. The summed E-state index contributed by atoms with van der Waals surface area (Å²) >= 11 is 6.39. The van der Waals surface area contributed by atoms with Gasteiger partial charge in [-0.05, 0) is 48.0 Å². The number of hydrogen-bond donors (Lipinski definition) is 1. The second-order valence-electron chi connectivity index (χ2n) is 7.15. The predicted molar refractivity (Wildman–Crippen MR) is 127 cm³/mol. The Morgan fingerprint density at radius 1 is 1.09 bits per heavy atom. The number of hydrogen-bond acceptors (Lipinski definition) is 8. The smallest absolute Gasteiger partial charge is 0.266 e. The van der Waals surface area contributed by atoms with Gasteiger partial charge in [-0.3, -0.25) is 19.3 Å². The lowest BCUT2D eigenvalue weighted by Crippen LogP contribution is -2.44. The first kappa shape index (κ1) is 23.1. The van der Waals surface area contributed by atoms with Crippen LogP contribution in [0, 0.1) is 0 Å². The number of sulfonamides is 1. The van der Waals surface area contributed by atoms with Gasteiger partial charge in [0.1, 0.15) is 16.1 Å². The van der Waals surface area contributed by atoms with E-state index >= 15 is 0 Å². The predicted octanol–water partition coefficient (Wildman–Crippen LogP) is 1.88. The Kier molecular flexibility index (Phi) is 6.10. The van der Waals surface area contributed by atoms with Crippen molar-refractivity contribution in [3.05, 3.63) is 59.0 Å². The molecule has 3 amide bonds. The van der Waals surface area contributed by atoms with Crippen molar-refractivity contribution in [3.63, 3.8) is 0 Å². The Labute approximate surface area is 199 Å². The molecular formula is C21H17N3O6S3. The number of nitrogens with two attached hydrogens (primary N) is 1. The van der Waals surface area contributed by atoms with Crippen molar-refractivity contribution in [3.8, 4) is 5.75 Å². The largest absolute Gasteiger partial charge is 0.497 e. The fourth-order valence-corrected chi connectivity index (χ4v) is 5.35. The molecule has 4 rings (SSSR count). The SMILES string of the molecule is COc1ccc(/C=C2\SC(=S)N(C3CC(=O)N(c4ccc(S(N)(=O)=O)cc4)C3=O)C2=O)cc1. The van der Waals surface area contributed by atoms with E-state index in [0.717, 1.165) is 27.1 Å². The first-order valence-corrected chi connectivity index (χ1v) is 12.3. The van der Waals surface area contributed by atoms with Crippen molar-refractivity contribution in [1.29, 1.82) is 0 Å². The lowest BCUT2D eigenvalue weighted by atomic mass is 10.2. The maximum Gasteiger partial charge on any atom is 0.266 e. The lowest BCUT2D eigenvalue weighted by Gasteiger charge is -2.21. The van der Waals surface area contributed by atoms with E-state index in [2.05, 4.69) is 0 Å². The number of primary sulfonamides is 1. The van der Waals surface area contributed by atoms with Crippen molar-refractivity contribution < 1.29 is 27.5 Å². The van der Waals surface area contributed by atoms with Gasteiger partial charge in [0.15, 0.2) is 0 Å². The molecule has 1 atom stereocenters. The number of carbonyl (C=O) groups is 3. The van der Waals surface area contributed by atoms with Crippen LogP contribution in [0.1, 0.15) is 12.0 Å². The average molecular weight is 504 g/mol. The number of thiocarbonyl (C=S) groups is 1. The van der Waals surface area contributed by atoms with Crippen LogP contribution in [-0.2, 0) is 24.4 Å². The van der Waals surface area contributed by atoms with Gasteiger partial charge in [-0.15, -0.1) is 0 Å². The van der Waals surface area contributed by atoms with Crippen LogP contribution in [0.3, 0.4) is 0 Å². The zero-order valence-electron chi connectivity index (χ0n) is 17.1. The molecule has 0 aromatic heterocycles. The van der Waals surface area contributed by atoms with Crippen LogP contribution in [0.2, 0.25) is 0 Å². The number of anilines is 1. The third-order valence-electron chi connectivity index (χ3n) is 5.10. The number of nitrogens with zero attached hydrogens (tertiary/aromatic N) is 2. The summed E-state index contributed by atoms with van der Waals surface area (Å²) in [5.74, 6) is -0.933. The minimum absolute atomic E-state index is 0.150. The van der Waals surface area contributed by atoms with Crippen LogP contribution >= 0.6 is 24.0 Å². The van der Waals surface area contributed by atoms with Crippen LogP contribution < -0.4 is 14.8 Å². The van der Waals surface area contributed by atoms with Gasteiger partial charge in [-0.25, -0.2) is 18.5 Å². The molecule has 9 nitrogen and oxygen atoms in total. The van der Waals surface area contributed by atoms with Crippen LogP contribution in [0.15, 0.2) is 58.3 Å². The molecule has 170 valence electrons. The third-order valence-corrected chi connectivity index (χ3v) is 7.35. The van der Waals surface area contributed by atoms with Crippen molar-refractivity contribution in [2.24, 2.45) is 5.14 Å². The maximum atomic E-state index is 13.1. The molecule has 2 N–H and O–H groups in total. The number of methoxy groups -OCH3 is 1. The first-order valence-electron chi connectivity index (χ1n) is 9.51. The Hall–Kier alpha value is -3.06. The number of rotatable bonds is 5. The molecule has 0 spiro atoms. The van der Waals surface area contributed by atoms with Gasteiger partial charge < -0.3 is 4.74 Å². The topological polar surface area (TPSA) is 127 Å². The quantitative estimate of drug-likeness (QED) is 0.372. The average Bonchev–Trinajstić information content (AvgIpc) is 3.21. The molecule has 0 radical (unpaired) electrons. The van der Waals surface area contributed by atoms with E-state index < -0.39 is 33.8 Å². The summed E-state index contributed by atoms with van der Waals surface area (Å²) in [5, 5.41) is 5.09. The Morgan fingerprint density at radius 2 is 1.73 bits per heavy atom. The normalized spacial score (nSPS) is 20.3. The minimum atomic E-state index is -3.92. The molecule has 2 fully saturated rings. The van der Waals surface area contributed by atoms with E-state index in [1.807, 2.05) is 0 Å². The summed E-state index contributed by atoms with van der Waals surface area (Å²) < 4.78 is 28.2. The number of carbonyl (C=O) groups excluding carboxylic acids is 3.